The van der Waals surface area contributed by atoms with Crippen LogP contribution in [0, 0.1) is 5.95 Å². The second-order valence-corrected chi connectivity index (χ2v) is 2.67. The average Bonchev–Trinajstić information content (AvgIpc) is 2.16. The van der Waals surface area contributed by atoms with Crippen LogP contribution < -0.4 is 5.73 Å². The van der Waals surface area contributed by atoms with Crippen molar-refractivity contribution >= 4 is 5.97 Å². The van der Waals surface area contributed by atoms with Gasteiger partial charge in [0.05, 0.1) is 5.56 Å². The minimum Gasteiger partial charge on any atom is -0.478 e. The van der Waals surface area contributed by atoms with Crippen molar-refractivity contribution < 1.29 is 23.1 Å². The van der Waals surface area contributed by atoms with E-state index in [1.54, 1.807) is 0 Å². The topological polar surface area (TPSA) is 76.2 Å². The van der Waals surface area contributed by atoms with E-state index >= 15 is 0 Å². The molecule has 7 heteroatoms. The summed E-state index contributed by atoms with van der Waals surface area (Å²) in [5.74, 6) is -2.79. The van der Waals surface area contributed by atoms with Crippen LogP contribution in [0.4, 0.5) is 13.2 Å². The lowest BCUT2D eigenvalue weighted by atomic mass is 10.1. The number of hydrogen-bond acceptors (Lipinski definition) is 3. The second kappa shape index (κ2) is 4.26. The van der Waals surface area contributed by atoms with Crippen molar-refractivity contribution in [2.45, 2.75) is 13.0 Å². The van der Waals surface area contributed by atoms with E-state index in [1.807, 2.05) is 0 Å². The first-order valence-electron chi connectivity index (χ1n) is 3.88. The van der Waals surface area contributed by atoms with Crippen LogP contribution in [-0.4, -0.2) is 16.1 Å². The molecule has 0 fully saturated rings. The first-order valence-corrected chi connectivity index (χ1v) is 3.88. The minimum absolute atomic E-state index is 0.382. The lowest BCUT2D eigenvalue weighted by Gasteiger charge is -2.07. The fourth-order valence-corrected chi connectivity index (χ4v) is 1.06. The number of pyridine rings is 1. The maximum atomic E-state index is 13.0. The number of aromatic nitrogens is 1. The zero-order chi connectivity index (χ0) is 11.6. The predicted octanol–water partition coefficient (Wildman–Crippen LogP) is 1.32. The average molecular weight is 220 g/mol. The van der Waals surface area contributed by atoms with Gasteiger partial charge >= 0.3 is 5.97 Å². The van der Waals surface area contributed by atoms with Crippen molar-refractivity contribution in [2.75, 3.05) is 0 Å². The van der Waals surface area contributed by atoms with Crippen LogP contribution in [0.1, 0.15) is 28.0 Å². The lowest BCUT2D eigenvalue weighted by molar-refractivity contribution is 0.0694. The third kappa shape index (κ3) is 2.24. The Bertz CT molecular complexity index is 396. The lowest BCUT2D eigenvalue weighted by Crippen LogP contribution is -2.12. The number of carboxylic acids is 1. The number of hydrogen-bond donors (Lipinski definition) is 2. The zero-order valence-corrected chi connectivity index (χ0v) is 7.38. The molecule has 1 aromatic rings. The number of nitrogens with two attached hydrogens (primary N) is 1. The van der Waals surface area contributed by atoms with Crippen molar-refractivity contribution in [1.29, 1.82) is 0 Å². The summed E-state index contributed by atoms with van der Waals surface area (Å²) in [7, 11) is 0. The van der Waals surface area contributed by atoms with Gasteiger partial charge < -0.3 is 10.8 Å². The van der Waals surface area contributed by atoms with Crippen LogP contribution in [0.2, 0.25) is 0 Å². The SMILES string of the molecule is NCc1c(C(=O)O)cc(C(F)F)nc1F. The molecule has 0 atom stereocenters. The van der Waals surface area contributed by atoms with Gasteiger partial charge in [-0.1, -0.05) is 0 Å². The summed E-state index contributed by atoms with van der Waals surface area (Å²) >= 11 is 0. The molecule has 82 valence electrons. The molecular weight excluding hydrogens is 213 g/mol. The molecule has 0 aliphatic carbocycles. The van der Waals surface area contributed by atoms with Gasteiger partial charge in [-0.05, 0) is 6.07 Å². The third-order valence-electron chi connectivity index (χ3n) is 1.75. The van der Waals surface area contributed by atoms with E-state index in [-0.39, 0.29) is 5.56 Å². The number of rotatable bonds is 3. The van der Waals surface area contributed by atoms with Gasteiger partial charge in [0.1, 0.15) is 5.69 Å². The van der Waals surface area contributed by atoms with Gasteiger partial charge in [0, 0.05) is 12.1 Å². The molecular formula is C8H7F3N2O2. The van der Waals surface area contributed by atoms with E-state index < -0.39 is 36.1 Å². The van der Waals surface area contributed by atoms with Crippen LogP contribution in [0.15, 0.2) is 6.07 Å². The van der Waals surface area contributed by atoms with Gasteiger partial charge in [0.15, 0.2) is 0 Å². The van der Waals surface area contributed by atoms with Crippen LogP contribution in [0.5, 0.6) is 0 Å². The van der Waals surface area contributed by atoms with Crippen molar-refractivity contribution in [3.63, 3.8) is 0 Å². The molecule has 1 aromatic heterocycles. The molecule has 0 radical (unpaired) electrons. The maximum absolute atomic E-state index is 13.0. The maximum Gasteiger partial charge on any atom is 0.336 e. The molecule has 0 aromatic carbocycles. The Morgan fingerprint density at radius 1 is 1.60 bits per heavy atom. The molecule has 4 nitrogen and oxygen atoms in total. The highest BCUT2D eigenvalue weighted by Gasteiger charge is 2.20. The zero-order valence-electron chi connectivity index (χ0n) is 7.38. The van der Waals surface area contributed by atoms with E-state index in [2.05, 4.69) is 4.98 Å². The molecule has 1 rings (SSSR count). The monoisotopic (exact) mass is 220 g/mol. The van der Waals surface area contributed by atoms with Crippen LogP contribution >= 0.6 is 0 Å². The fraction of sp³-hybridized carbons (Fsp3) is 0.250. The van der Waals surface area contributed by atoms with E-state index in [0.29, 0.717) is 6.07 Å². The Hall–Kier alpha value is -1.63. The van der Waals surface area contributed by atoms with Gasteiger partial charge in [-0.15, -0.1) is 0 Å². The van der Waals surface area contributed by atoms with Gasteiger partial charge in [0.2, 0.25) is 5.95 Å². The standard InChI is InChI=1S/C8H7F3N2O2/c9-6(10)5-1-3(8(14)15)4(2-12)7(11)13-5/h1,6H,2,12H2,(H,14,15). The molecule has 0 aliphatic rings. The van der Waals surface area contributed by atoms with Crippen molar-refractivity contribution in [1.82, 2.24) is 4.98 Å². The highest BCUT2D eigenvalue weighted by molar-refractivity contribution is 5.89. The fourth-order valence-electron chi connectivity index (χ4n) is 1.06. The molecule has 3 N–H and O–H groups in total. The van der Waals surface area contributed by atoms with E-state index in [1.165, 1.54) is 0 Å². The number of carbonyl (C=O) groups is 1. The minimum atomic E-state index is -3.02. The van der Waals surface area contributed by atoms with Crippen molar-refractivity contribution in [2.24, 2.45) is 5.73 Å². The molecule has 0 saturated carbocycles. The summed E-state index contributed by atoms with van der Waals surface area (Å²) < 4.78 is 37.4. The molecule has 0 bridgehead atoms. The van der Waals surface area contributed by atoms with Crippen molar-refractivity contribution in [3.8, 4) is 0 Å². The first kappa shape index (κ1) is 11.4. The van der Waals surface area contributed by atoms with Gasteiger partial charge in [0.25, 0.3) is 6.43 Å². The number of halogens is 3. The molecule has 0 amide bonds. The van der Waals surface area contributed by atoms with Gasteiger partial charge in [-0.3, -0.25) is 0 Å². The first-order chi connectivity index (χ1) is 6.97. The Morgan fingerprint density at radius 3 is 2.60 bits per heavy atom. The summed E-state index contributed by atoms with van der Waals surface area (Å²) in [6.07, 6.45) is -3.02. The smallest absolute Gasteiger partial charge is 0.336 e. The van der Waals surface area contributed by atoms with E-state index in [4.69, 9.17) is 10.8 Å². The highest BCUT2D eigenvalue weighted by Crippen LogP contribution is 2.21. The number of carboxylic acid groups (broad SMARTS) is 1. The Kier molecular flexibility index (Phi) is 3.25. The Balaban J connectivity index is 3.38. The summed E-state index contributed by atoms with van der Waals surface area (Å²) in [6.45, 7) is -0.413. The van der Waals surface area contributed by atoms with Gasteiger partial charge in [-0.25, -0.2) is 18.6 Å². The van der Waals surface area contributed by atoms with E-state index in [0.717, 1.165) is 0 Å². The predicted molar refractivity (Wildman–Crippen MR) is 44.0 cm³/mol. The van der Waals surface area contributed by atoms with Crippen LogP contribution in [0.3, 0.4) is 0 Å². The Labute approximate surface area is 82.5 Å². The molecule has 0 spiro atoms. The van der Waals surface area contributed by atoms with Crippen molar-refractivity contribution in [3.05, 3.63) is 28.8 Å². The summed E-state index contributed by atoms with van der Waals surface area (Å²) in [4.78, 5) is 13.5. The normalized spacial score (nSPS) is 10.7. The highest BCUT2D eigenvalue weighted by atomic mass is 19.3. The number of nitrogens with zero attached hydrogens (tertiary/aromatic N) is 1. The number of alkyl halides is 2. The Morgan fingerprint density at radius 2 is 2.20 bits per heavy atom. The van der Waals surface area contributed by atoms with E-state index in [9.17, 15) is 18.0 Å². The molecule has 0 aliphatic heterocycles. The second-order valence-electron chi connectivity index (χ2n) is 2.67. The molecule has 15 heavy (non-hydrogen) atoms. The van der Waals surface area contributed by atoms with Crippen LogP contribution in [0.25, 0.3) is 0 Å². The summed E-state index contributed by atoms with van der Waals surface area (Å²) in [6, 6.07) is 0.623. The largest absolute Gasteiger partial charge is 0.478 e. The summed E-state index contributed by atoms with van der Waals surface area (Å²) in [5.41, 5.74) is 3.20. The summed E-state index contributed by atoms with van der Waals surface area (Å²) in [5, 5.41) is 8.63. The number of aromatic carboxylic acids is 1. The van der Waals surface area contributed by atoms with Crippen LogP contribution in [-0.2, 0) is 6.54 Å². The molecule has 0 unspecified atom stereocenters. The third-order valence-corrected chi connectivity index (χ3v) is 1.75. The molecule has 0 saturated heterocycles. The quantitative estimate of drug-likeness (QED) is 0.753. The van der Waals surface area contributed by atoms with Gasteiger partial charge in [-0.2, -0.15) is 4.39 Å². The molecule has 1 heterocycles.